The molecule has 3 heterocycles. The monoisotopic (exact) mass is 622 g/mol. The Labute approximate surface area is 255 Å². The van der Waals surface area contributed by atoms with Crippen molar-refractivity contribution in [3.63, 3.8) is 0 Å². The van der Waals surface area contributed by atoms with Gasteiger partial charge in [-0.3, -0.25) is 4.99 Å². The summed E-state index contributed by atoms with van der Waals surface area (Å²) in [5.41, 5.74) is 9.84. The predicted molar refractivity (Wildman–Crippen MR) is 151 cm³/mol. The number of aliphatic imine (C=N–C) groups is 1. The molecule has 0 saturated heterocycles. The molecule has 0 N–H and O–H groups in total. The number of rotatable bonds is 5. The summed E-state index contributed by atoms with van der Waals surface area (Å²) in [6.45, 7) is 13.9. The Morgan fingerprint density at radius 1 is 0.973 bits per heavy atom. The summed E-state index contributed by atoms with van der Waals surface area (Å²) in [4.78, 5) is 4.42. The van der Waals surface area contributed by atoms with Gasteiger partial charge in [-0.1, -0.05) is 76.2 Å². The first-order chi connectivity index (χ1) is 16.3. The fourth-order valence-electron chi connectivity index (χ4n) is 5.95. The summed E-state index contributed by atoms with van der Waals surface area (Å²) in [5.74, 6) is 0.580. The average molecular weight is 625 g/mol. The molecule has 3 aromatic carbocycles. The largest absolute Gasteiger partial charge is 3.00 e. The summed E-state index contributed by atoms with van der Waals surface area (Å²) in [6.07, 6.45) is 7.82. The molecule has 0 fully saturated rings. The van der Waals surface area contributed by atoms with Crippen LogP contribution in [0.4, 0.5) is 0 Å². The van der Waals surface area contributed by atoms with Crippen molar-refractivity contribution in [2.75, 3.05) is 0 Å². The summed E-state index contributed by atoms with van der Waals surface area (Å²) in [6, 6.07) is 20.5. The van der Waals surface area contributed by atoms with Crippen LogP contribution in [0.15, 0.2) is 92.9 Å². The Morgan fingerprint density at radius 2 is 1.68 bits per heavy atom. The zero-order chi connectivity index (χ0) is 24.0. The van der Waals surface area contributed by atoms with Crippen LogP contribution in [0.3, 0.4) is 0 Å². The maximum atomic E-state index is 4.42. The molecule has 2 bridgehead atoms. The standard InChI is InChI=1S/C22H25.C10H11NSi.2ClH.Zr/c1-4-5-7-17-10-12-18(13-11-17)21-9-6-8-19-14-20(16(2)3)15-22(19)21;1-6-9-7-4-5-11-8(7)10(6)12(9,2)3;;;/h6,8-16H,4-5,7H2,1-3H3;4-5H,1-3H3;2*1H;/q-1;;;;+3/p-2. The van der Waals surface area contributed by atoms with Crippen molar-refractivity contribution in [2.45, 2.75) is 66.0 Å². The van der Waals surface area contributed by atoms with E-state index in [-0.39, 0.29) is 51.0 Å². The molecule has 1 nitrogen and oxygen atoms in total. The molecular weight excluding hydrogens is 589 g/mol. The van der Waals surface area contributed by atoms with E-state index in [0.29, 0.717) is 5.92 Å². The fourth-order valence-corrected chi connectivity index (χ4v) is 9.80. The second-order valence-electron chi connectivity index (χ2n) is 10.8. The molecule has 0 spiro atoms. The van der Waals surface area contributed by atoms with Gasteiger partial charge in [0, 0.05) is 11.8 Å². The third-order valence-electron chi connectivity index (χ3n) is 7.73. The van der Waals surface area contributed by atoms with E-state index in [0.717, 1.165) is 0 Å². The number of unbranched alkanes of at least 4 members (excludes halogenated alkanes) is 1. The van der Waals surface area contributed by atoms with Crippen LogP contribution in [0.5, 0.6) is 0 Å². The van der Waals surface area contributed by atoms with Crippen LogP contribution in [0.1, 0.15) is 57.6 Å². The van der Waals surface area contributed by atoms with Crippen molar-refractivity contribution >= 4 is 25.1 Å². The van der Waals surface area contributed by atoms with E-state index in [9.17, 15) is 0 Å². The van der Waals surface area contributed by atoms with Gasteiger partial charge in [0.15, 0.2) is 0 Å². The molecule has 0 amide bonds. The molecule has 3 aliphatic heterocycles. The van der Waals surface area contributed by atoms with Gasteiger partial charge in [-0.05, 0) is 58.9 Å². The summed E-state index contributed by atoms with van der Waals surface area (Å²) < 4.78 is 0. The third kappa shape index (κ3) is 5.67. The van der Waals surface area contributed by atoms with Crippen LogP contribution in [-0.4, -0.2) is 14.3 Å². The third-order valence-corrected chi connectivity index (χ3v) is 11.5. The first kappa shape index (κ1) is 31.8. The molecule has 0 saturated carbocycles. The minimum atomic E-state index is -1.13. The molecule has 3 aromatic rings. The van der Waals surface area contributed by atoms with Crippen molar-refractivity contribution in [1.29, 1.82) is 0 Å². The Hall–Kier alpha value is -1.38. The van der Waals surface area contributed by atoms with Gasteiger partial charge in [-0.2, -0.15) is 6.07 Å². The van der Waals surface area contributed by atoms with Gasteiger partial charge in [-0.25, -0.2) is 0 Å². The van der Waals surface area contributed by atoms with Crippen molar-refractivity contribution in [1.82, 2.24) is 0 Å². The van der Waals surface area contributed by atoms with E-state index in [1.807, 2.05) is 6.21 Å². The minimum absolute atomic E-state index is 0. The molecule has 4 aliphatic rings. The zero-order valence-electron chi connectivity index (χ0n) is 22.8. The fraction of sp³-hybridized carbons (Fsp3) is 0.312. The maximum absolute atomic E-state index is 4.42. The number of benzene rings is 2. The van der Waals surface area contributed by atoms with E-state index >= 15 is 0 Å². The molecule has 0 aromatic heterocycles. The minimum Gasteiger partial charge on any atom is -1.00 e. The van der Waals surface area contributed by atoms with Gasteiger partial charge in [0.25, 0.3) is 0 Å². The first-order valence-electron chi connectivity index (χ1n) is 12.8. The van der Waals surface area contributed by atoms with Crippen molar-refractivity contribution in [2.24, 2.45) is 4.99 Å². The molecule has 191 valence electrons. The second-order valence-corrected chi connectivity index (χ2v) is 15.0. The summed E-state index contributed by atoms with van der Waals surface area (Å²) >= 11 is 0. The van der Waals surface area contributed by atoms with E-state index in [4.69, 9.17) is 0 Å². The molecule has 37 heavy (non-hydrogen) atoms. The Balaban J connectivity index is 0.000000274. The van der Waals surface area contributed by atoms with Crippen molar-refractivity contribution in [3.8, 4) is 11.1 Å². The van der Waals surface area contributed by atoms with Crippen LogP contribution >= 0.6 is 0 Å². The van der Waals surface area contributed by atoms with Gasteiger partial charge in [0.1, 0.15) is 8.07 Å². The number of allylic oxidation sites excluding steroid dienone is 4. The van der Waals surface area contributed by atoms with Gasteiger partial charge in [0.05, 0.1) is 5.70 Å². The van der Waals surface area contributed by atoms with Crippen LogP contribution < -0.4 is 24.8 Å². The second kappa shape index (κ2) is 12.6. The Kier molecular flexibility index (Phi) is 10.9. The Morgan fingerprint density at radius 3 is 2.27 bits per heavy atom. The van der Waals surface area contributed by atoms with Gasteiger partial charge in [0.2, 0.25) is 0 Å². The summed E-state index contributed by atoms with van der Waals surface area (Å²) in [7, 11) is -1.13. The van der Waals surface area contributed by atoms with E-state index in [2.05, 4.69) is 106 Å². The van der Waals surface area contributed by atoms with Gasteiger partial charge in [-0.15, -0.1) is 34.5 Å². The quantitative estimate of drug-likeness (QED) is 0.306. The predicted octanol–water partition coefficient (Wildman–Crippen LogP) is 3.08. The van der Waals surface area contributed by atoms with Crippen LogP contribution in [-0.2, 0) is 32.6 Å². The molecular formula is C32H36Cl2NSiZr. The zero-order valence-corrected chi connectivity index (χ0v) is 27.7. The van der Waals surface area contributed by atoms with Gasteiger partial charge >= 0.3 is 26.2 Å². The first-order valence-corrected chi connectivity index (χ1v) is 15.8. The molecule has 7 rings (SSSR count). The molecule has 5 heteroatoms. The Bertz CT molecular complexity index is 1390. The van der Waals surface area contributed by atoms with E-state index in [1.54, 1.807) is 10.4 Å². The number of hydrogen-bond acceptors (Lipinski definition) is 1. The van der Waals surface area contributed by atoms with Gasteiger partial charge < -0.3 is 24.8 Å². The van der Waals surface area contributed by atoms with Crippen LogP contribution in [0.25, 0.3) is 21.9 Å². The van der Waals surface area contributed by atoms with Crippen molar-refractivity contribution in [3.05, 3.63) is 99.0 Å². The molecule has 1 radical (unpaired) electrons. The molecule has 1 aliphatic carbocycles. The average Bonchev–Trinajstić information content (AvgIpc) is 3.55. The molecule has 0 atom stereocenters. The number of nitrogens with zero attached hydrogens (tertiary/aromatic N) is 1. The van der Waals surface area contributed by atoms with Crippen LogP contribution in [0.2, 0.25) is 13.1 Å². The maximum Gasteiger partial charge on any atom is 3.00 e. The molecule has 0 unspecified atom stereocenters. The smallest absolute Gasteiger partial charge is 1.00 e. The number of aryl methyl sites for hydroxylation is 1. The van der Waals surface area contributed by atoms with E-state index < -0.39 is 8.07 Å². The van der Waals surface area contributed by atoms with Crippen LogP contribution in [0, 0.1) is 0 Å². The SMILES string of the molecule is CC1=C2C3=CC=NC3=C1[Si]2(C)C.CCCCc1ccc(-c2cccc3[cH-]c(C(C)C)cc23)cc1.[Cl-].[Cl-].[Zr+3]. The van der Waals surface area contributed by atoms with Crippen molar-refractivity contribution < 1.29 is 51.0 Å². The normalized spacial score (nSPS) is 15.8. The number of halogens is 2. The number of hydrogen-bond donors (Lipinski definition) is 0. The van der Waals surface area contributed by atoms with E-state index in [1.165, 1.54) is 69.1 Å². The number of fused-ring (bicyclic) bond motifs is 1. The topological polar surface area (TPSA) is 12.4 Å². The summed E-state index contributed by atoms with van der Waals surface area (Å²) in [5, 5.41) is 6.01.